The first-order chi connectivity index (χ1) is 8.68. The Morgan fingerprint density at radius 1 is 1.22 bits per heavy atom. The van der Waals surface area contributed by atoms with Gasteiger partial charge in [0.1, 0.15) is 9.53 Å². The molecule has 0 N–H and O–H groups in total. The summed E-state index contributed by atoms with van der Waals surface area (Å²) in [5.41, 5.74) is -0.0928. The molecule has 0 heterocycles. The molecule has 104 valence electrons. The first-order valence-corrected chi connectivity index (χ1v) is 8.79. The van der Waals surface area contributed by atoms with Crippen molar-refractivity contribution in [2.45, 2.75) is 80.7 Å². The Hall–Kier alpha value is 0.200. The van der Waals surface area contributed by atoms with Crippen molar-refractivity contribution in [3.8, 4) is 0 Å². The number of carbonyl (C=O) groups excluding carboxylic acids is 1. The molecule has 1 atom stereocenters. The van der Waals surface area contributed by atoms with Crippen molar-refractivity contribution in [1.29, 1.82) is 0 Å². The standard InChI is InChI=1S/C15H25IO2/c1-2-13(16)14(17)18-15(10-6-3-7-11-15)12-8-4-5-9-12/h12-13H,2-11H2,1H3. The summed E-state index contributed by atoms with van der Waals surface area (Å²) in [7, 11) is 0. The van der Waals surface area contributed by atoms with Gasteiger partial charge in [0.2, 0.25) is 0 Å². The molecular weight excluding hydrogens is 339 g/mol. The topological polar surface area (TPSA) is 26.3 Å². The highest BCUT2D eigenvalue weighted by atomic mass is 127. The molecule has 2 aliphatic rings. The fraction of sp³-hybridized carbons (Fsp3) is 0.933. The minimum atomic E-state index is -0.0928. The number of alkyl halides is 1. The Labute approximate surface area is 124 Å². The van der Waals surface area contributed by atoms with E-state index in [2.05, 4.69) is 29.5 Å². The van der Waals surface area contributed by atoms with Gasteiger partial charge in [0, 0.05) is 0 Å². The summed E-state index contributed by atoms with van der Waals surface area (Å²) in [6, 6.07) is 0. The largest absolute Gasteiger partial charge is 0.458 e. The molecule has 2 saturated carbocycles. The van der Waals surface area contributed by atoms with Crippen LogP contribution in [0.2, 0.25) is 0 Å². The molecule has 3 heteroatoms. The highest BCUT2D eigenvalue weighted by Gasteiger charge is 2.44. The molecule has 0 bridgehead atoms. The number of halogens is 1. The van der Waals surface area contributed by atoms with Crippen LogP contribution in [0.5, 0.6) is 0 Å². The van der Waals surface area contributed by atoms with Gasteiger partial charge in [-0.3, -0.25) is 4.79 Å². The van der Waals surface area contributed by atoms with E-state index in [-0.39, 0.29) is 15.5 Å². The monoisotopic (exact) mass is 364 g/mol. The molecule has 2 rings (SSSR count). The van der Waals surface area contributed by atoms with Gasteiger partial charge in [-0.1, -0.05) is 48.8 Å². The number of esters is 1. The number of hydrogen-bond acceptors (Lipinski definition) is 2. The van der Waals surface area contributed by atoms with E-state index in [0.717, 1.165) is 19.3 Å². The SMILES string of the molecule is CCC(I)C(=O)OC1(C2CCCC2)CCCCC1. The van der Waals surface area contributed by atoms with Crippen molar-refractivity contribution >= 4 is 28.6 Å². The van der Waals surface area contributed by atoms with Crippen LogP contribution in [0.4, 0.5) is 0 Å². The van der Waals surface area contributed by atoms with E-state index >= 15 is 0 Å². The first kappa shape index (κ1) is 14.6. The zero-order chi connectivity index (χ0) is 13.0. The summed E-state index contributed by atoms with van der Waals surface area (Å²) < 4.78 is 6.10. The van der Waals surface area contributed by atoms with E-state index in [1.165, 1.54) is 44.9 Å². The molecule has 1 unspecified atom stereocenters. The van der Waals surface area contributed by atoms with E-state index in [0.29, 0.717) is 5.92 Å². The van der Waals surface area contributed by atoms with Crippen LogP contribution in [0.15, 0.2) is 0 Å². The van der Waals surface area contributed by atoms with Gasteiger partial charge in [-0.15, -0.1) is 0 Å². The molecule has 2 fully saturated rings. The van der Waals surface area contributed by atoms with Crippen LogP contribution in [0.25, 0.3) is 0 Å². The van der Waals surface area contributed by atoms with E-state index in [9.17, 15) is 4.79 Å². The third-order valence-electron chi connectivity index (χ3n) is 4.72. The molecule has 0 aromatic heterocycles. The molecule has 0 spiro atoms. The van der Waals surface area contributed by atoms with E-state index in [4.69, 9.17) is 4.74 Å². The lowest BCUT2D eigenvalue weighted by Crippen LogP contribution is -2.44. The zero-order valence-corrected chi connectivity index (χ0v) is 13.6. The number of carbonyl (C=O) groups is 1. The molecule has 0 saturated heterocycles. The maximum Gasteiger partial charge on any atom is 0.319 e. The van der Waals surface area contributed by atoms with Crippen LogP contribution in [0.1, 0.15) is 71.1 Å². The van der Waals surface area contributed by atoms with Gasteiger partial charge in [0.05, 0.1) is 0 Å². The summed E-state index contributed by atoms with van der Waals surface area (Å²) in [4.78, 5) is 12.2. The first-order valence-electron chi connectivity index (χ1n) is 7.55. The fourth-order valence-corrected chi connectivity index (χ4v) is 3.75. The van der Waals surface area contributed by atoms with E-state index in [1.807, 2.05) is 0 Å². The van der Waals surface area contributed by atoms with Gasteiger partial charge in [-0.25, -0.2) is 0 Å². The summed E-state index contributed by atoms with van der Waals surface area (Å²) in [5, 5.41) is 0. The normalized spacial score (nSPS) is 25.9. The third kappa shape index (κ3) is 3.20. The maximum absolute atomic E-state index is 12.2. The number of ether oxygens (including phenoxy) is 1. The predicted octanol–water partition coefficient (Wildman–Crippen LogP) is 4.64. The van der Waals surface area contributed by atoms with Gasteiger partial charge >= 0.3 is 5.97 Å². The molecule has 2 nitrogen and oxygen atoms in total. The Balaban J connectivity index is 2.06. The second kappa shape index (κ2) is 6.58. The highest BCUT2D eigenvalue weighted by Crippen LogP contribution is 2.45. The summed E-state index contributed by atoms with van der Waals surface area (Å²) in [6.07, 6.45) is 12.1. The lowest BCUT2D eigenvalue weighted by atomic mass is 9.74. The van der Waals surface area contributed by atoms with Crippen molar-refractivity contribution in [1.82, 2.24) is 0 Å². The smallest absolute Gasteiger partial charge is 0.319 e. The second-order valence-corrected chi connectivity index (χ2v) is 7.41. The van der Waals surface area contributed by atoms with E-state index in [1.54, 1.807) is 0 Å². The minimum Gasteiger partial charge on any atom is -0.458 e. The molecule has 18 heavy (non-hydrogen) atoms. The van der Waals surface area contributed by atoms with Gasteiger partial charge in [0.15, 0.2) is 0 Å². The van der Waals surface area contributed by atoms with Crippen LogP contribution in [-0.4, -0.2) is 15.5 Å². The number of rotatable bonds is 4. The number of hydrogen-bond donors (Lipinski definition) is 0. The molecule has 0 amide bonds. The van der Waals surface area contributed by atoms with Crippen molar-refractivity contribution in [2.24, 2.45) is 5.92 Å². The summed E-state index contributed by atoms with van der Waals surface area (Å²) in [6.45, 7) is 2.06. The summed E-state index contributed by atoms with van der Waals surface area (Å²) in [5.74, 6) is 0.675. The molecule has 0 aromatic carbocycles. The van der Waals surface area contributed by atoms with E-state index < -0.39 is 0 Å². The Bertz CT molecular complexity index is 278. The van der Waals surface area contributed by atoms with Gasteiger partial charge in [-0.05, 0) is 50.9 Å². The van der Waals surface area contributed by atoms with Crippen molar-refractivity contribution < 1.29 is 9.53 Å². The molecule has 0 radical (unpaired) electrons. The van der Waals surface area contributed by atoms with Crippen molar-refractivity contribution in [3.63, 3.8) is 0 Å². The second-order valence-electron chi connectivity index (χ2n) is 5.90. The van der Waals surface area contributed by atoms with Crippen LogP contribution in [-0.2, 0) is 9.53 Å². The van der Waals surface area contributed by atoms with Gasteiger partial charge in [0.25, 0.3) is 0 Å². The Kier molecular flexibility index (Phi) is 5.34. The van der Waals surface area contributed by atoms with Crippen LogP contribution in [0, 0.1) is 5.92 Å². The quantitative estimate of drug-likeness (QED) is 0.413. The third-order valence-corrected chi connectivity index (χ3v) is 6.11. The molecule has 0 aliphatic heterocycles. The molecule has 2 aliphatic carbocycles. The van der Waals surface area contributed by atoms with Gasteiger partial charge in [-0.2, -0.15) is 0 Å². The Morgan fingerprint density at radius 3 is 2.39 bits per heavy atom. The van der Waals surface area contributed by atoms with Crippen LogP contribution >= 0.6 is 22.6 Å². The molecule has 0 aromatic rings. The lowest BCUT2D eigenvalue weighted by molar-refractivity contribution is -0.170. The average Bonchev–Trinajstić information content (AvgIpc) is 2.93. The minimum absolute atomic E-state index is 0.0304. The summed E-state index contributed by atoms with van der Waals surface area (Å²) >= 11 is 2.22. The fourth-order valence-electron chi connectivity index (χ4n) is 3.63. The zero-order valence-electron chi connectivity index (χ0n) is 11.4. The van der Waals surface area contributed by atoms with Crippen LogP contribution in [0.3, 0.4) is 0 Å². The highest BCUT2D eigenvalue weighted by molar-refractivity contribution is 14.1. The molecular formula is C15H25IO2. The van der Waals surface area contributed by atoms with Crippen LogP contribution < -0.4 is 0 Å². The maximum atomic E-state index is 12.2. The van der Waals surface area contributed by atoms with Crippen molar-refractivity contribution in [2.75, 3.05) is 0 Å². The lowest BCUT2D eigenvalue weighted by Gasteiger charge is -2.42. The van der Waals surface area contributed by atoms with Crippen molar-refractivity contribution in [3.05, 3.63) is 0 Å². The predicted molar refractivity (Wildman–Crippen MR) is 82.0 cm³/mol. The average molecular weight is 364 g/mol. The van der Waals surface area contributed by atoms with Gasteiger partial charge < -0.3 is 4.74 Å². The Morgan fingerprint density at radius 2 is 1.83 bits per heavy atom.